The Morgan fingerprint density at radius 2 is 1.93 bits per heavy atom. The van der Waals surface area contributed by atoms with Gasteiger partial charge in [-0.05, 0) is 43.3 Å². The van der Waals surface area contributed by atoms with Gasteiger partial charge in [0.2, 0.25) is 5.91 Å². The highest BCUT2D eigenvalue weighted by Crippen LogP contribution is 2.25. The highest BCUT2D eigenvalue weighted by Gasteiger charge is 2.17. The van der Waals surface area contributed by atoms with E-state index in [1.54, 1.807) is 28.8 Å². The van der Waals surface area contributed by atoms with Crippen molar-refractivity contribution in [1.29, 1.82) is 0 Å². The molecule has 8 nitrogen and oxygen atoms in total. The SMILES string of the molecule is CCOc1ccc(NC(=O)CSc2nc3c(=O)[nH]cnc3n2-c2ccccc2)cc1. The van der Waals surface area contributed by atoms with Gasteiger partial charge >= 0.3 is 0 Å². The van der Waals surface area contributed by atoms with Crippen molar-refractivity contribution in [2.45, 2.75) is 12.1 Å². The van der Waals surface area contributed by atoms with Crippen LogP contribution in [0.15, 0.2) is 70.9 Å². The van der Waals surface area contributed by atoms with Gasteiger partial charge in [0.15, 0.2) is 16.3 Å². The number of thioether (sulfide) groups is 1. The molecule has 2 aromatic carbocycles. The summed E-state index contributed by atoms with van der Waals surface area (Å²) in [6.45, 7) is 2.50. The number of carbonyl (C=O) groups is 1. The van der Waals surface area contributed by atoms with E-state index in [0.29, 0.717) is 23.1 Å². The summed E-state index contributed by atoms with van der Waals surface area (Å²) in [5.41, 5.74) is 1.84. The molecule has 0 fully saturated rings. The lowest BCUT2D eigenvalue weighted by molar-refractivity contribution is -0.113. The third-order valence-electron chi connectivity index (χ3n) is 4.22. The van der Waals surface area contributed by atoms with Gasteiger partial charge in [-0.15, -0.1) is 0 Å². The van der Waals surface area contributed by atoms with Crippen molar-refractivity contribution < 1.29 is 9.53 Å². The summed E-state index contributed by atoms with van der Waals surface area (Å²) >= 11 is 1.24. The fraction of sp³-hybridized carbons (Fsp3) is 0.143. The molecule has 0 aliphatic rings. The van der Waals surface area contributed by atoms with Crippen molar-refractivity contribution in [1.82, 2.24) is 19.5 Å². The Labute approximate surface area is 176 Å². The smallest absolute Gasteiger partial charge is 0.278 e. The van der Waals surface area contributed by atoms with Crippen molar-refractivity contribution >= 4 is 34.5 Å². The molecule has 0 atom stereocenters. The molecule has 0 unspecified atom stereocenters. The molecule has 0 saturated carbocycles. The van der Waals surface area contributed by atoms with Crippen LogP contribution in [-0.4, -0.2) is 37.8 Å². The quantitative estimate of drug-likeness (QED) is 0.444. The minimum Gasteiger partial charge on any atom is -0.494 e. The Morgan fingerprint density at radius 3 is 2.67 bits per heavy atom. The van der Waals surface area contributed by atoms with E-state index in [1.165, 1.54) is 18.1 Å². The molecule has 0 radical (unpaired) electrons. The first kappa shape index (κ1) is 19.7. The van der Waals surface area contributed by atoms with Crippen molar-refractivity contribution in [3.63, 3.8) is 0 Å². The number of nitrogens with one attached hydrogen (secondary N) is 2. The number of fused-ring (bicyclic) bond motifs is 1. The van der Waals surface area contributed by atoms with Crippen molar-refractivity contribution in [3.05, 3.63) is 71.3 Å². The average Bonchev–Trinajstić information content (AvgIpc) is 3.14. The number of anilines is 1. The maximum Gasteiger partial charge on any atom is 0.278 e. The van der Waals surface area contributed by atoms with Gasteiger partial charge < -0.3 is 15.0 Å². The fourth-order valence-electron chi connectivity index (χ4n) is 2.92. The van der Waals surface area contributed by atoms with Crippen LogP contribution in [0, 0.1) is 0 Å². The van der Waals surface area contributed by atoms with E-state index in [0.717, 1.165) is 11.4 Å². The summed E-state index contributed by atoms with van der Waals surface area (Å²) in [7, 11) is 0. The van der Waals surface area contributed by atoms with Gasteiger partial charge in [-0.25, -0.2) is 9.97 Å². The number of ether oxygens (including phenoxy) is 1. The van der Waals surface area contributed by atoms with Crippen LogP contribution in [0.1, 0.15) is 6.92 Å². The molecular formula is C21H19N5O3S. The number of benzene rings is 2. The number of imidazole rings is 1. The van der Waals surface area contributed by atoms with E-state index in [1.807, 2.05) is 37.3 Å². The van der Waals surface area contributed by atoms with E-state index in [4.69, 9.17) is 4.74 Å². The highest BCUT2D eigenvalue weighted by atomic mass is 32.2. The maximum atomic E-state index is 12.4. The molecule has 2 N–H and O–H groups in total. The Morgan fingerprint density at radius 1 is 1.17 bits per heavy atom. The molecular weight excluding hydrogens is 402 g/mol. The molecule has 0 aliphatic heterocycles. The molecule has 0 bridgehead atoms. The number of carbonyl (C=O) groups excluding carboxylic acids is 1. The van der Waals surface area contributed by atoms with E-state index < -0.39 is 0 Å². The normalized spacial score (nSPS) is 10.8. The van der Waals surface area contributed by atoms with Gasteiger partial charge in [0.25, 0.3) is 5.56 Å². The van der Waals surface area contributed by atoms with Crippen LogP contribution in [0.3, 0.4) is 0 Å². The van der Waals surface area contributed by atoms with Gasteiger partial charge in [0.1, 0.15) is 5.75 Å². The molecule has 0 saturated heterocycles. The minimum atomic E-state index is -0.324. The summed E-state index contributed by atoms with van der Waals surface area (Å²) in [4.78, 5) is 35.8. The summed E-state index contributed by atoms with van der Waals surface area (Å²) in [5.74, 6) is 0.693. The second-order valence-electron chi connectivity index (χ2n) is 6.26. The number of aromatic amines is 1. The van der Waals surface area contributed by atoms with Crippen LogP contribution in [0.4, 0.5) is 5.69 Å². The van der Waals surface area contributed by atoms with Crippen molar-refractivity contribution in [2.75, 3.05) is 17.7 Å². The monoisotopic (exact) mass is 421 g/mol. The number of H-pyrrole nitrogens is 1. The van der Waals surface area contributed by atoms with E-state index in [2.05, 4.69) is 20.3 Å². The number of hydrogen-bond acceptors (Lipinski definition) is 6. The molecule has 9 heteroatoms. The fourth-order valence-corrected chi connectivity index (χ4v) is 3.73. The van der Waals surface area contributed by atoms with Crippen molar-refractivity contribution in [3.8, 4) is 11.4 Å². The summed E-state index contributed by atoms with van der Waals surface area (Å²) in [5, 5.41) is 3.37. The lowest BCUT2D eigenvalue weighted by atomic mass is 10.3. The zero-order chi connectivity index (χ0) is 20.9. The zero-order valence-corrected chi connectivity index (χ0v) is 17.0. The van der Waals surface area contributed by atoms with Crippen LogP contribution in [0.25, 0.3) is 16.9 Å². The van der Waals surface area contributed by atoms with Crippen molar-refractivity contribution in [2.24, 2.45) is 0 Å². The Balaban J connectivity index is 1.54. The van der Waals surface area contributed by atoms with E-state index >= 15 is 0 Å². The second kappa shape index (κ2) is 8.83. The summed E-state index contributed by atoms with van der Waals surface area (Å²) in [6, 6.07) is 16.7. The van der Waals surface area contributed by atoms with Gasteiger partial charge in [-0.1, -0.05) is 30.0 Å². The molecule has 1 amide bonds. The topological polar surface area (TPSA) is 102 Å². The number of nitrogens with zero attached hydrogens (tertiary/aromatic N) is 3. The van der Waals surface area contributed by atoms with E-state index in [9.17, 15) is 9.59 Å². The molecule has 4 aromatic rings. The van der Waals surface area contributed by atoms with Crippen LogP contribution >= 0.6 is 11.8 Å². The van der Waals surface area contributed by atoms with Gasteiger partial charge in [-0.2, -0.15) is 0 Å². The van der Waals surface area contributed by atoms with Crippen LogP contribution in [0.2, 0.25) is 0 Å². The lowest BCUT2D eigenvalue weighted by Gasteiger charge is -2.09. The predicted octanol–water partition coefficient (Wildman–Crippen LogP) is 3.24. The van der Waals surface area contributed by atoms with Gasteiger partial charge in [-0.3, -0.25) is 14.2 Å². The first-order valence-electron chi connectivity index (χ1n) is 9.33. The third-order valence-corrected chi connectivity index (χ3v) is 5.15. The number of para-hydroxylation sites is 1. The largest absolute Gasteiger partial charge is 0.494 e. The van der Waals surface area contributed by atoms with Crippen LogP contribution < -0.4 is 15.6 Å². The number of aromatic nitrogens is 4. The standard InChI is InChI=1S/C21H19N5O3S/c1-2-29-16-10-8-14(9-11-16)24-17(27)12-30-21-25-18-19(22-13-23-20(18)28)26(21)15-6-4-3-5-7-15/h3-11,13H,2,12H2,1H3,(H,24,27)(H,22,23,28). The van der Waals surface area contributed by atoms with E-state index in [-0.39, 0.29) is 22.7 Å². The lowest BCUT2D eigenvalue weighted by Crippen LogP contribution is -2.14. The zero-order valence-electron chi connectivity index (χ0n) is 16.2. The second-order valence-corrected chi connectivity index (χ2v) is 7.21. The Hall–Kier alpha value is -3.59. The molecule has 0 aliphatic carbocycles. The number of rotatable bonds is 7. The minimum absolute atomic E-state index is 0.126. The van der Waals surface area contributed by atoms with Crippen LogP contribution in [-0.2, 0) is 4.79 Å². The first-order valence-corrected chi connectivity index (χ1v) is 10.3. The van der Waals surface area contributed by atoms with Gasteiger partial charge in [0, 0.05) is 11.4 Å². The molecule has 152 valence electrons. The Kier molecular flexibility index (Phi) is 5.80. The van der Waals surface area contributed by atoms with Crippen LogP contribution in [0.5, 0.6) is 5.75 Å². The Bertz CT molecular complexity index is 1220. The number of hydrogen-bond donors (Lipinski definition) is 2. The molecule has 0 spiro atoms. The molecule has 30 heavy (non-hydrogen) atoms. The highest BCUT2D eigenvalue weighted by molar-refractivity contribution is 7.99. The predicted molar refractivity (Wildman–Crippen MR) is 116 cm³/mol. The van der Waals surface area contributed by atoms with Gasteiger partial charge in [0.05, 0.1) is 18.7 Å². The maximum absolute atomic E-state index is 12.4. The summed E-state index contributed by atoms with van der Waals surface area (Å²) < 4.78 is 7.18. The summed E-state index contributed by atoms with van der Waals surface area (Å²) in [6.07, 6.45) is 1.35. The number of amides is 1. The average molecular weight is 421 g/mol. The first-order chi connectivity index (χ1) is 14.7. The third kappa shape index (κ3) is 4.20. The molecule has 2 aromatic heterocycles. The molecule has 4 rings (SSSR count). The molecule has 2 heterocycles.